The molecular formula is C16H20N2O3S. The molecule has 0 unspecified atom stereocenters. The van der Waals surface area contributed by atoms with E-state index in [0.717, 1.165) is 22.3 Å². The van der Waals surface area contributed by atoms with Gasteiger partial charge in [-0.1, -0.05) is 6.07 Å². The van der Waals surface area contributed by atoms with Gasteiger partial charge in [-0.2, -0.15) is 0 Å². The van der Waals surface area contributed by atoms with E-state index in [9.17, 15) is 13.2 Å². The van der Waals surface area contributed by atoms with Crippen LogP contribution in [0.25, 0.3) is 10.9 Å². The molecule has 1 N–H and O–H groups in total. The van der Waals surface area contributed by atoms with E-state index in [2.05, 4.69) is 16.0 Å². The van der Waals surface area contributed by atoms with Crippen molar-refractivity contribution < 1.29 is 8.42 Å². The lowest BCUT2D eigenvalue weighted by Gasteiger charge is -2.26. The summed E-state index contributed by atoms with van der Waals surface area (Å²) >= 11 is 0. The highest BCUT2D eigenvalue weighted by atomic mass is 32.2. The summed E-state index contributed by atoms with van der Waals surface area (Å²) in [4.78, 5) is 17.7. The topological polar surface area (TPSA) is 70.2 Å². The Bertz CT molecular complexity index is 870. The van der Waals surface area contributed by atoms with Crippen molar-refractivity contribution in [2.24, 2.45) is 0 Å². The molecule has 0 aliphatic carbocycles. The van der Waals surface area contributed by atoms with Gasteiger partial charge in [-0.05, 0) is 31.0 Å². The Hall–Kier alpha value is -1.66. The fourth-order valence-corrected chi connectivity index (χ4v) is 4.27. The van der Waals surface area contributed by atoms with Gasteiger partial charge in [-0.15, -0.1) is 0 Å². The second kappa shape index (κ2) is 5.52. The molecule has 1 aliphatic heterocycles. The van der Waals surface area contributed by atoms with Crippen molar-refractivity contribution in [1.29, 1.82) is 0 Å². The predicted octanol–water partition coefficient (Wildman–Crippen LogP) is 1.38. The van der Waals surface area contributed by atoms with Crippen LogP contribution >= 0.6 is 0 Å². The minimum atomic E-state index is -2.88. The van der Waals surface area contributed by atoms with Gasteiger partial charge < -0.3 is 4.98 Å². The minimum Gasteiger partial charge on any atom is -0.357 e. The lowest BCUT2D eigenvalue weighted by atomic mass is 10.1. The van der Waals surface area contributed by atoms with E-state index in [-0.39, 0.29) is 16.9 Å². The number of benzene rings is 1. The van der Waals surface area contributed by atoms with Gasteiger partial charge in [-0.25, -0.2) is 8.42 Å². The quantitative estimate of drug-likeness (QED) is 0.907. The molecule has 3 rings (SSSR count). The van der Waals surface area contributed by atoms with Crippen LogP contribution < -0.4 is 5.43 Å². The molecule has 1 fully saturated rings. The van der Waals surface area contributed by atoms with Crippen LogP contribution in [0.3, 0.4) is 0 Å². The summed E-state index contributed by atoms with van der Waals surface area (Å²) in [5.41, 5.74) is 3.85. The monoisotopic (exact) mass is 320 g/mol. The Labute approximate surface area is 129 Å². The van der Waals surface area contributed by atoms with Crippen molar-refractivity contribution in [2.45, 2.75) is 20.4 Å². The normalized spacial score (nSPS) is 18.6. The van der Waals surface area contributed by atoms with E-state index in [1.807, 2.05) is 19.9 Å². The Morgan fingerprint density at radius 2 is 1.82 bits per heavy atom. The lowest BCUT2D eigenvalue weighted by molar-refractivity contribution is 0.284. The van der Waals surface area contributed by atoms with E-state index in [1.54, 1.807) is 6.07 Å². The van der Waals surface area contributed by atoms with Crippen LogP contribution in [0.4, 0.5) is 0 Å². The Kier molecular flexibility index (Phi) is 3.82. The summed E-state index contributed by atoms with van der Waals surface area (Å²) in [6.45, 7) is 5.59. The maximum atomic E-state index is 12.3. The number of pyridine rings is 1. The van der Waals surface area contributed by atoms with Crippen LogP contribution in [-0.2, 0) is 16.4 Å². The number of rotatable bonds is 2. The van der Waals surface area contributed by atoms with Gasteiger partial charge in [0.2, 0.25) is 0 Å². The van der Waals surface area contributed by atoms with Crippen LogP contribution in [0.2, 0.25) is 0 Å². The molecule has 0 spiro atoms. The molecule has 0 atom stereocenters. The summed E-state index contributed by atoms with van der Waals surface area (Å²) < 4.78 is 22.9. The number of fused-ring (bicyclic) bond motifs is 1. The molecule has 0 amide bonds. The van der Waals surface area contributed by atoms with E-state index in [1.165, 1.54) is 0 Å². The van der Waals surface area contributed by atoms with Gasteiger partial charge in [0, 0.05) is 36.8 Å². The SMILES string of the molecule is Cc1cc(C)c2[nH]c(CN3CCS(=O)(=O)CC3)cc(=O)c2c1. The van der Waals surface area contributed by atoms with Crippen LogP contribution in [-0.4, -0.2) is 42.9 Å². The van der Waals surface area contributed by atoms with Crippen molar-refractivity contribution in [1.82, 2.24) is 9.88 Å². The largest absolute Gasteiger partial charge is 0.357 e. The number of aromatic amines is 1. The maximum Gasteiger partial charge on any atom is 0.189 e. The molecular weight excluding hydrogens is 300 g/mol. The molecule has 1 aromatic heterocycles. The maximum absolute atomic E-state index is 12.3. The number of hydrogen-bond donors (Lipinski definition) is 1. The van der Waals surface area contributed by atoms with Gasteiger partial charge >= 0.3 is 0 Å². The molecule has 1 aliphatic rings. The zero-order valence-corrected chi connectivity index (χ0v) is 13.7. The van der Waals surface area contributed by atoms with Crippen molar-refractivity contribution in [3.05, 3.63) is 45.2 Å². The number of hydrogen-bond acceptors (Lipinski definition) is 4. The summed E-state index contributed by atoms with van der Waals surface area (Å²) in [6, 6.07) is 5.58. The number of nitrogens with zero attached hydrogens (tertiary/aromatic N) is 1. The van der Waals surface area contributed by atoms with Gasteiger partial charge in [0.25, 0.3) is 0 Å². The minimum absolute atomic E-state index is 0.0141. The molecule has 0 radical (unpaired) electrons. The number of nitrogens with one attached hydrogen (secondary N) is 1. The summed E-state index contributed by atoms with van der Waals surface area (Å²) in [5.74, 6) is 0.395. The van der Waals surface area contributed by atoms with E-state index in [4.69, 9.17) is 0 Å². The first-order valence-electron chi connectivity index (χ1n) is 7.40. The number of aromatic nitrogens is 1. The highest BCUT2D eigenvalue weighted by Crippen LogP contribution is 2.17. The second-order valence-electron chi connectivity index (χ2n) is 6.09. The Morgan fingerprint density at radius 1 is 1.14 bits per heavy atom. The number of sulfone groups is 1. The van der Waals surface area contributed by atoms with Crippen LogP contribution in [0.1, 0.15) is 16.8 Å². The Balaban J connectivity index is 1.91. The van der Waals surface area contributed by atoms with Crippen LogP contribution in [0, 0.1) is 13.8 Å². The summed E-state index contributed by atoms with van der Waals surface area (Å²) in [6.07, 6.45) is 0. The highest BCUT2D eigenvalue weighted by Gasteiger charge is 2.21. The summed E-state index contributed by atoms with van der Waals surface area (Å²) in [5, 5.41) is 0.711. The fourth-order valence-electron chi connectivity index (χ4n) is 2.99. The first kappa shape index (κ1) is 15.2. The predicted molar refractivity (Wildman–Crippen MR) is 88.0 cm³/mol. The average Bonchev–Trinajstić information content (AvgIpc) is 2.43. The third kappa shape index (κ3) is 3.08. The molecule has 5 nitrogen and oxygen atoms in total. The van der Waals surface area contributed by atoms with Crippen molar-refractivity contribution >= 4 is 20.7 Å². The van der Waals surface area contributed by atoms with Crippen LogP contribution in [0.5, 0.6) is 0 Å². The van der Waals surface area contributed by atoms with Crippen molar-refractivity contribution in [2.75, 3.05) is 24.6 Å². The Morgan fingerprint density at radius 3 is 2.50 bits per heavy atom. The first-order valence-corrected chi connectivity index (χ1v) is 9.22. The standard InChI is InChI=1S/C16H20N2O3S/c1-11-7-12(2)16-14(8-11)15(19)9-13(17-16)10-18-3-5-22(20,21)6-4-18/h7-9H,3-6,10H2,1-2H3,(H,17,19). The van der Waals surface area contributed by atoms with Gasteiger partial charge in [0.1, 0.15) is 0 Å². The molecule has 2 heterocycles. The molecule has 1 saturated heterocycles. The smallest absolute Gasteiger partial charge is 0.189 e. The fraction of sp³-hybridized carbons (Fsp3) is 0.438. The molecule has 6 heteroatoms. The third-order valence-corrected chi connectivity index (χ3v) is 5.78. The number of aryl methyl sites for hydroxylation is 2. The zero-order chi connectivity index (χ0) is 15.9. The summed E-state index contributed by atoms with van der Waals surface area (Å²) in [7, 11) is -2.88. The van der Waals surface area contributed by atoms with Crippen LogP contribution in [0.15, 0.2) is 23.0 Å². The lowest BCUT2D eigenvalue weighted by Crippen LogP contribution is -2.40. The van der Waals surface area contributed by atoms with Gasteiger partial charge in [0.15, 0.2) is 15.3 Å². The molecule has 0 bridgehead atoms. The second-order valence-corrected chi connectivity index (χ2v) is 8.39. The van der Waals surface area contributed by atoms with E-state index in [0.29, 0.717) is 25.0 Å². The number of H-pyrrole nitrogens is 1. The van der Waals surface area contributed by atoms with Gasteiger partial charge in [-0.3, -0.25) is 9.69 Å². The van der Waals surface area contributed by atoms with Gasteiger partial charge in [0.05, 0.1) is 17.0 Å². The van der Waals surface area contributed by atoms with E-state index < -0.39 is 9.84 Å². The molecule has 2 aromatic rings. The van der Waals surface area contributed by atoms with Crippen molar-refractivity contribution in [3.63, 3.8) is 0 Å². The molecule has 1 aromatic carbocycles. The first-order chi connectivity index (χ1) is 10.3. The highest BCUT2D eigenvalue weighted by molar-refractivity contribution is 7.91. The van der Waals surface area contributed by atoms with E-state index >= 15 is 0 Å². The average molecular weight is 320 g/mol. The third-order valence-electron chi connectivity index (χ3n) is 4.17. The molecule has 0 saturated carbocycles. The molecule has 118 valence electrons. The molecule has 22 heavy (non-hydrogen) atoms. The zero-order valence-electron chi connectivity index (χ0n) is 12.8. The van der Waals surface area contributed by atoms with Crippen molar-refractivity contribution in [3.8, 4) is 0 Å².